The lowest BCUT2D eigenvalue weighted by Crippen LogP contribution is -2.24. The number of hydrogen-bond acceptors (Lipinski definition) is 4. The smallest absolute Gasteiger partial charge is 0.305 e. The molecule has 0 saturated carbocycles. The highest BCUT2D eigenvalue weighted by molar-refractivity contribution is 5.93. The van der Waals surface area contributed by atoms with E-state index < -0.39 is 0 Å². The monoisotopic (exact) mass is 250 g/mol. The third kappa shape index (κ3) is 5.43. The first-order valence-corrected chi connectivity index (χ1v) is 5.99. The molecule has 5 nitrogen and oxygen atoms in total. The number of nitrogens with zero attached hydrogens (tertiary/aromatic N) is 1. The number of esters is 1. The van der Waals surface area contributed by atoms with Crippen molar-refractivity contribution < 1.29 is 14.3 Å². The molecule has 98 valence electrons. The van der Waals surface area contributed by atoms with E-state index in [4.69, 9.17) is 0 Å². The average molecular weight is 250 g/mol. The van der Waals surface area contributed by atoms with Crippen molar-refractivity contribution in [2.75, 3.05) is 13.7 Å². The first-order chi connectivity index (χ1) is 8.74. The number of aromatic nitrogens is 1. The Hall–Kier alpha value is -1.91. The molecule has 1 heterocycles. The van der Waals surface area contributed by atoms with E-state index in [1.807, 2.05) is 0 Å². The fraction of sp³-hybridized carbons (Fsp3) is 0.462. The van der Waals surface area contributed by atoms with Crippen molar-refractivity contribution in [3.8, 4) is 0 Å². The predicted molar refractivity (Wildman–Crippen MR) is 67.1 cm³/mol. The van der Waals surface area contributed by atoms with Crippen LogP contribution in [0.25, 0.3) is 0 Å². The highest BCUT2D eigenvalue weighted by Crippen LogP contribution is 2.01. The number of methoxy groups -OCH3 is 1. The first kappa shape index (κ1) is 14.2. The second-order valence-corrected chi connectivity index (χ2v) is 3.88. The lowest BCUT2D eigenvalue weighted by atomic mass is 10.2. The van der Waals surface area contributed by atoms with Gasteiger partial charge < -0.3 is 10.1 Å². The Morgan fingerprint density at radius 1 is 1.22 bits per heavy atom. The molecule has 1 aromatic heterocycles. The second-order valence-electron chi connectivity index (χ2n) is 3.88. The Balaban J connectivity index is 2.08. The van der Waals surface area contributed by atoms with E-state index in [9.17, 15) is 9.59 Å². The number of amides is 1. The van der Waals surface area contributed by atoms with Crippen LogP contribution in [0, 0.1) is 0 Å². The van der Waals surface area contributed by atoms with Gasteiger partial charge in [-0.1, -0.05) is 6.42 Å². The van der Waals surface area contributed by atoms with Crippen LogP contribution in [-0.4, -0.2) is 30.5 Å². The Bertz CT molecular complexity index is 379. The summed E-state index contributed by atoms with van der Waals surface area (Å²) in [6.45, 7) is 0.613. The summed E-state index contributed by atoms with van der Waals surface area (Å²) in [5, 5.41) is 2.82. The van der Waals surface area contributed by atoms with E-state index >= 15 is 0 Å². The number of carbonyl (C=O) groups is 2. The third-order valence-corrected chi connectivity index (χ3v) is 2.51. The van der Waals surface area contributed by atoms with Crippen LogP contribution in [0.15, 0.2) is 24.5 Å². The molecule has 0 aliphatic carbocycles. The lowest BCUT2D eigenvalue weighted by molar-refractivity contribution is -0.140. The summed E-state index contributed by atoms with van der Waals surface area (Å²) in [5.41, 5.74) is 0.611. The zero-order valence-electron chi connectivity index (χ0n) is 10.5. The lowest BCUT2D eigenvalue weighted by Gasteiger charge is -2.04. The molecule has 0 saturated heterocycles. The minimum Gasteiger partial charge on any atom is -0.469 e. The first-order valence-electron chi connectivity index (χ1n) is 5.99. The normalized spacial score (nSPS) is 9.83. The van der Waals surface area contributed by atoms with Crippen LogP contribution in [-0.2, 0) is 9.53 Å². The maximum atomic E-state index is 11.6. The standard InChI is InChI=1S/C13H18N2O3/c1-18-12(16)5-3-2-4-8-15-13(17)11-6-9-14-10-7-11/h6-7,9-10H,2-5,8H2,1H3,(H,15,17). The molecule has 1 amide bonds. The Kier molecular flexibility index (Phi) is 6.46. The zero-order valence-corrected chi connectivity index (χ0v) is 10.5. The van der Waals surface area contributed by atoms with Crippen molar-refractivity contribution in [3.63, 3.8) is 0 Å². The van der Waals surface area contributed by atoms with Gasteiger partial charge in [-0.05, 0) is 25.0 Å². The van der Waals surface area contributed by atoms with Crippen molar-refractivity contribution >= 4 is 11.9 Å². The largest absolute Gasteiger partial charge is 0.469 e. The maximum absolute atomic E-state index is 11.6. The second kappa shape index (κ2) is 8.22. The van der Waals surface area contributed by atoms with Gasteiger partial charge in [0, 0.05) is 30.9 Å². The van der Waals surface area contributed by atoms with Crippen LogP contribution in [0.3, 0.4) is 0 Å². The molecule has 0 aliphatic heterocycles. The number of nitrogens with one attached hydrogen (secondary N) is 1. The fourth-order valence-electron chi connectivity index (χ4n) is 1.48. The SMILES string of the molecule is COC(=O)CCCCCNC(=O)c1ccncc1. The molecule has 0 atom stereocenters. The van der Waals surface area contributed by atoms with Gasteiger partial charge >= 0.3 is 5.97 Å². The summed E-state index contributed by atoms with van der Waals surface area (Å²) < 4.78 is 4.54. The number of pyridine rings is 1. The van der Waals surface area contributed by atoms with Crippen molar-refractivity contribution in [2.45, 2.75) is 25.7 Å². The van der Waals surface area contributed by atoms with Gasteiger partial charge in [-0.25, -0.2) is 0 Å². The number of carbonyl (C=O) groups excluding carboxylic acids is 2. The maximum Gasteiger partial charge on any atom is 0.305 e. The quantitative estimate of drug-likeness (QED) is 0.589. The minimum absolute atomic E-state index is 0.0923. The van der Waals surface area contributed by atoms with Crippen molar-refractivity contribution in [1.82, 2.24) is 10.3 Å². The molecule has 0 aromatic carbocycles. The highest BCUT2D eigenvalue weighted by Gasteiger charge is 2.03. The summed E-state index contributed by atoms with van der Waals surface area (Å²) in [6.07, 6.45) is 6.16. The van der Waals surface area contributed by atoms with Crippen LogP contribution in [0.2, 0.25) is 0 Å². The molecule has 1 rings (SSSR count). The Labute approximate surface area is 107 Å². The van der Waals surface area contributed by atoms with Crippen LogP contribution >= 0.6 is 0 Å². The van der Waals surface area contributed by atoms with Gasteiger partial charge in [0.05, 0.1) is 7.11 Å². The van der Waals surface area contributed by atoms with Crippen molar-refractivity contribution in [2.24, 2.45) is 0 Å². The van der Waals surface area contributed by atoms with Crippen LogP contribution in [0.5, 0.6) is 0 Å². The third-order valence-electron chi connectivity index (χ3n) is 2.51. The van der Waals surface area contributed by atoms with Gasteiger partial charge in [0.25, 0.3) is 5.91 Å². The fourth-order valence-corrected chi connectivity index (χ4v) is 1.48. The van der Waals surface area contributed by atoms with Crippen molar-refractivity contribution in [1.29, 1.82) is 0 Å². The van der Waals surface area contributed by atoms with Crippen LogP contribution in [0.4, 0.5) is 0 Å². The minimum atomic E-state index is -0.184. The number of unbranched alkanes of at least 4 members (excludes halogenated alkanes) is 2. The Morgan fingerprint density at radius 2 is 1.94 bits per heavy atom. The van der Waals surface area contributed by atoms with E-state index in [0.29, 0.717) is 18.5 Å². The Morgan fingerprint density at radius 3 is 2.61 bits per heavy atom. The summed E-state index contributed by atoms with van der Waals surface area (Å²) >= 11 is 0. The highest BCUT2D eigenvalue weighted by atomic mass is 16.5. The molecule has 0 spiro atoms. The molecule has 0 aliphatic rings. The number of ether oxygens (including phenoxy) is 1. The van der Waals surface area contributed by atoms with Crippen LogP contribution < -0.4 is 5.32 Å². The van der Waals surface area contributed by atoms with E-state index in [1.54, 1.807) is 24.5 Å². The molecule has 0 bridgehead atoms. The molecule has 0 fully saturated rings. The van der Waals surface area contributed by atoms with E-state index in [2.05, 4.69) is 15.0 Å². The molecular formula is C13H18N2O3. The molecular weight excluding hydrogens is 232 g/mol. The van der Waals surface area contributed by atoms with Crippen LogP contribution in [0.1, 0.15) is 36.0 Å². The summed E-state index contributed by atoms with van der Waals surface area (Å²) in [6, 6.07) is 3.35. The predicted octanol–water partition coefficient (Wildman–Crippen LogP) is 1.54. The van der Waals surface area contributed by atoms with E-state index in [-0.39, 0.29) is 11.9 Å². The summed E-state index contributed by atoms with van der Waals surface area (Å²) in [7, 11) is 1.39. The molecule has 0 radical (unpaired) electrons. The van der Waals surface area contributed by atoms with Crippen molar-refractivity contribution in [3.05, 3.63) is 30.1 Å². The zero-order chi connectivity index (χ0) is 13.2. The van der Waals surface area contributed by atoms with E-state index in [1.165, 1.54) is 7.11 Å². The number of hydrogen-bond donors (Lipinski definition) is 1. The summed E-state index contributed by atoms with van der Waals surface area (Å²) in [4.78, 5) is 26.3. The van der Waals surface area contributed by atoms with Gasteiger partial charge in [0.2, 0.25) is 0 Å². The average Bonchev–Trinajstić information content (AvgIpc) is 2.43. The van der Waals surface area contributed by atoms with Gasteiger partial charge in [-0.3, -0.25) is 14.6 Å². The van der Waals surface area contributed by atoms with Gasteiger partial charge in [-0.15, -0.1) is 0 Å². The van der Waals surface area contributed by atoms with Gasteiger partial charge in [0.15, 0.2) is 0 Å². The molecule has 1 aromatic rings. The molecule has 18 heavy (non-hydrogen) atoms. The molecule has 0 unspecified atom stereocenters. The molecule has 5 heteroatoms. The number of rotatable bonds is 7. The summed E-state index contributed by atoms with van der Waals surface area (Å²) in [5.74, 6) is -0.277. The van der Waals surface area contributed by atoms with Gasteiger partial charge in [-0.2, -0.15) is 0 Å². The topological polar surface area (TPSA) is 68.3 Å². The molecule has 1 N–H and O–H groups in total. The van der Waals surface area contributed by atoms with Gasteiger partial charge in [0.1, 0.15) is 0 Å². The van der Waals surface area contributed by atoms with E-state index in [0.717, 1.165) is 19.3 Å².